The molecule has 2 spiro atoms. The Morgan fingerprint density at radius 3 is 1.22 bits per heavy atom. The van der Waals surface area contributed by atoms with Gasteiger partial charge in [0.25, 0.3) is 6.10 Å². The van der Waals surface area contributed by atoms with E-state index in [1.165, 1.54) is 6.07 Å². The molecule has 6 rings (SSSR count). The lowest BCUT2D eigenvalue weighted by atomic mass is 9.72. The van der Waals surface area contributed by atoms with Crippen LogP contribution in [0.25, 0.3) is 0 Å². The normalized spacial score (nSPS) is 19.1. The number of alkyl halides is 18. The molecule has 0 unspecified atom stereocenters. The lowest BCUT2D eigenvalue weighted by Crippen LogP contribution is -2.60. The zero-order valence-electron chi connectivity index (χ0n) is 34.6. The second-order valence-corrected chi connectivity index (χ2v) is 16.7. The highest BCUT2D eigenvalue weighted by atomic mass is 19.4. The molecule has 0 saturated carbocycles. The third kappa shape index (κ3) is 14.6. The van der Waals surface area contributed by atoms with E-state index in [1.54, 1.807) is 0 Å². The van der Waals surface area contributed by atoms with Crippen LogP contribution in [-0.2, 0) is 30.2 Å². The first-order valence-electron chi connectivity index (χ1n) is 19.8. The maximum Gasteiger partial charge on any atom is 0.434 e. The number of carboxylic acids is 2. The van der Waals surface area contributed by atoms with Gasteiger partial charge in [0.05, 0.1) is 22.3 Å². The predicted molar refractivity (Wildman–Crippen MR) is 196 cm³/mol. The number of piperidine rings is 2. The van der Waals surface area contributed by atoms with E-state index < -0.39 is 89.6 Å². The number of ether oxygens (including phenoxy) is 1. The number of benzene rings is 2. The number of hydrogen-bond donors (Lipinski definition) is 4. The molecule has 4 saturated heterocycles. The molecule has 29 heteroatoms. The van der Waals surface area contributed by atoms with Gasteiger partial charge in [-0.05, 0) is 85.0 Å². The van der Waals surface area contributed by atoms with Crippen molar-refractivity contribution in [2.75, 3.05) is 52.4 Å². The lowest BCUT2D eigenvalue weighted by Gasteiger charge is -2.54. The van der Waals surface area contributed by atoms with Crippen LogP contribution in [0.2, 0.25) is 0 Å². The van der Waals surface area contributed by atoms with Gasteiger partial charge in [0.15, 0.2) is 0 Å². The zero-order valence-corrected chi connectivity index (χ0v) is 34.6. The van der Waals surface area contributed by atoms with E-state index in [1.807, 2.05) is 4.90 Å². The Bertz CT molecular complexity index is 2050. The number of carbonyl (C=O) groups is 3. The number of nitrogens with zero attached hydrogens (tertiary/aromatic N) is 3. The van der Waals surface area contributed by atoms with Gasteiger partial charge >= 0.3 is 55.1 Å². The fraction of sp³-hybridized carbons (Fsp3) is 0.615. The summed E-state index contributed by atoms with van der Waals surface area (Å²) in [7, 11) is 0. The summed E-state index contributed by atoms with van der Waals surface area (Å²) in [4.78, 5) is 38.9. The Morgan fingerprint density at radius 2 is 0.926 bits per heavy atom. The number of aromatic carboxylic acids is 2. The van der Waals surface area contributed by atoms with Gasteiger partial charge in [0.2, 0.25) is 6.10 Å². The van der Waals surface area contributed by atoms with Gasteiger partial charge in [-0.25, -0.2) is 14.4 Å². The fourth-order valence-corrected chi connectivity index (χ4v) is 8.21. The largest absolute Gasteiger partial charge is 0.478 e. The van der Waals surface area contributed by atoms with Crippen LogP contribution in [0.3, 0.4) is 0 Å². The molecule has 4 heterocycles. The summed E-state index contributed by atoms with van der Waals surface area (Å²) in [5.74, 6) is -3.27. The van der Waals surface area contributed by atoms with Crippen LogP contribution in [0.5, 0.6) is 0 Å². The first kappa shape index (κ1) is 55.8. The number of nitrogens with one attached hydrogen (secondary N) is 1. The molecule has 4 fully saturated rings. The van der Waals surface area contributed by atoms with Crippen molar-refractivity contribution >= 4 is 18.0 Å². The molecule has 4 aliphatic rings. The van der Waals surface area contributed by atoms with Crippen molar-refractivity contribution in [2.24, 2.45) is 10.8 Å². The molecular weight excluding hydrogens is 978 g/mol. The Morgan fingerprint density at radius 1 is 0.574 bits per heavy atom. The van der Waals surface area contributed by atoms with Crippen molar-refractivity contribution in [3.8, 4) is 0 Å². The Kier molecular flexibility index (Phi) is 16.7. The molecule has 0 atom stereocenters. The molecule has 2 aromatic rings. The average molecular weight is 1020 g/mol. The summed E-state index contributed by atoms with van der Waals surface area (Å²) in [5, 5.41) is 28.9. The maximum absolute atomic E-state index is 13.0. The summed E-state index contributed by atoms with van der Waals surface area (Å²) in [6, 6.07) is 6.19. The van der Waals surface area contributed by atoms with E-state index in [2.05, 4.69) is 15.0 Å². The molecule has 1 amide bonds. The zero-order chi connectivity index (χ0) is 51.6. The molecule has 0 aliphatic carbocycles. The van der Waals surface area contributed by atoms with Crippen molar-refractivity contribution in [3.05, 3.63) is 69.8 Å². The third-order valence-electron chi connectivity index (χ3n) is 11.5. The Hall–Kier alpha value is -4.77. The second-order valence-electron chi connectivity index (χ2n) is 16.7. The van der Waals surface area contributed by atoms with Crippen LogP contribution < -0.4 is 5.32 Å². The van der Waals surface area contributed by atoms with Gasteiger partial charge < -0.3 is 30.3 Å². The monoisotopic (exact) mass is 1020 g/mol. The summed E-state index contributed by atoms with van der Waals surface area (Å²) < 4.78 is 223. The highest BCUT2D eigenvalue weighted by Crippen LogP contribution is 2.44. The number of rotatable bonds is 7. The molecule has 11 nitrogen and oxygen atoms in total. The van der Waals surface area contributed by atoms with Gasteiger partial charge in [-0.2, -0.15) is 79.0 Å². The minimum Gasteiger partial charge on any atom is -0.478 e. The third-order valence-corrected chi connectivity index (χ3v) is 11.5. The number of aliphatic hydroxyl groups excluding tert-OH is 1. The van der Waals surface area contributed by atoms with Crippen molar-refractivity contribution in [1.82, 2.24) is 20.0 Å². The second kappa shape index (κ2) is 20.3. The standard InChI is InChI=1S/C20H19F9N2O4.C16H19F3N2O2.C3H2F6O/c21-18(22,23)13-2-1-11(7-12(13)14(32)33)8-30-9-17(10-30)3-5-31(6-4-17)16(34)35-15(19(24,25)26)20(27,28)29;17-16(18,19)13-2-1-11(7-12(13)14(22)23)8-21-9-15(10-21)3-5-20-6-4-15;4-2(5,6)1(10)3(7,8)9/h1-2,7,15H,3-6,8-10H2,(H,32,33);1-2,7,20H,3-6,8-10H2,(H,22,23);1,10H. The SMILES string of the molecule is O=C(O)c1cc(CN2CC3(CCN(C(=O)OC(C(F)(F)F)C(F)(F)F)CC3)C2)ccc1C(F)(F)F.O=C(O)c1cc(CN2CC3(CCNCC3)C2)ccc1C(F)(F)F.OC(C(F)(F)F)C(F)(F)F. The molecule has 384 valence electrons. The molecule has 0 bridgehead atoms. The first-order valence-corrected chi connectivity index (χ1v) is 19.8. The molecule has 68 heavy (non-hydrogen) atoms. The molecule has 0 aromatic heterocycles. The van der Waals surface area contributed by atoms with Crippen molar-refractivity contribution in [2.45, 2.75) is 88.0 Å². The maximum atomic E-state index is 13.0. The van der Waals surface area contributed by atoms with E-state index in [4.69, 9.17) is 15.3 Å². The summed E-state index contributed by atoms with van der Waals surface area (Å²) in [6.45, 7) is 5.08. The summed E-state index contributed by atoms with van der Waals surface area (Å²) in [5.41, 5.74) is -3.01. The minimum absolute atomic E-state index is 0.126. The van der Waals surface area contributed by atoms with E-state index in [0.717, 1.165) is 68.2 Å². The number of halogens is 18. The van der Waals surface area contributed by atoms with Crippen LogP contribution in [0, 0.1) is 10.8 Å². The van der Waals surface area contributed by atoms with Gasteiger partial charge in [0, 0.05) is 52.4 Å². The van der Waals surface area contributed by atoms with Gasteiger partial charge in [-0.1, -0.05) is 12.1 Å². The number of likely N-dealkylation sites (tertiary alicyclic amines) is 3. The van der Waals surface area contributed by atoms with Crippen LogP contribution in [-0.4, -0.2) is 137 Å². The molecule has 2 aromatic carbocycles. The number of carbonyl (C=O) groups excluding carboxylic acids is 1. The van der Waals surface area contributed by atoms with Crippen LogP contribution in [0.15, 0.2) is 36.4 Å². The van der Waals surface area contributed by atoms with Crippen molar-refractivity contribution in [1.29, 1.82) is 0 Å². The Balaban J connectivity index is 0.000000260. The molecule has 0 radical (unpaired) electrons. The molecule has 4 aliphatic heterocycles. The smallest absolute Gasteiger partial charge is 0.434 e. The van der Waals surface area contributed by atoms with E-state index in [-0.39, 0.29) is 37.9 Å². The minimum atomic E-state index is -5.81. The lowest BCUT2D eigenvalue weighted by molar-refractivity contribution is -0.309. The van der Waals surface area contributed by atoms with Crippen molar-refractivity contribution in [3.63, 3.8) is 0 Å². The fourth-order valence-electron chi connectivity index (χ4n) is 8.21. The molecule has 4 N–H and O–H groups in total. The number of carboxylic acid groups (broad SMARTS) is 2. The Labute approximate surface area is 372 Å². The first-order chi connectivity index (χ1) is 30.9. The highest BCUT2D eigenvalue weighted by Gasteiger charge is 2.60. The quantitative estimate of drug-likeness (QED) is 0.199. The van der Waals surface area contributed by atoms with E-state index in [9.17, 15) is 93.4 Å². The van der Waals surface area contributed by atoms with Gasteiger partial charge in [-0.15, -0.1) is 0 Å². The van der Waals surface area contributed by atoms with Gasteiger partial charge in [0.1, 0.15) is 0 Å². The van der Waals surface area contributed by atoms with E-state index in [0.29, 0.717) is 42.2 Å². The van der Waals surface area contributed by atoms with Gasteiger partial charge in [-0.3, -0.25) is 9.80 Å². The van der Waals surface area contributed by atoms with Crippen molar-refractivity contribution < 1.29 is 113 Å². The number of amides is 1. The highest BCUT2D eigenvalue weighted by molar-refractivity contribution is 5.90. The topological polar surface area (TPSA) is 143 Å². The average Bonchev–Trinajstić information content (AvgIpc) is 3.17. The number of aliphatic hydroxyl groups is 1. The van der Waals surface area contributed by atoms with E-state index >= 15 is 0 Å². The molecular formula is C39H40F18N4O7. The summed E-state index contributed by atoms with van der Waals surface area (Å²) in [6.07, 6.45) is -39.7. The number of hydrogen-bond acceptors (Lipinski definition) is 8. The van der Waals surface area contributed by atoms with Crippen LogP contribution in [0.1, 0.15) is 68.7 Å². The predicted octanol–water partition coefficient (Wildman–Crippen LogP) is 8.99. The van der Waals surface area contributed by atoms with Crippen LogP contribution >= 0.6 is 0 Å². The summed E-state index contributed by atoms with van der Waals surface area (Å²) >= 11 is 0. The van der Waals surface area contributed by atoms with Crippen LogP contribution in [0.4, 0.5) is 83.8 Å².